The van der Waals surface area contributed by atoms with Crippen LogP contribution in [0.3, 0.4) is 0 Å². The smallest absolute Gasteiger partial charge is 0.227 e. The summed E-state index contributed by atoms with van der Waals surface area (Å²) in [6.07, 6.45) is 1.38. The lowest BCUT2D eigenvalue weighted by Gasteiger charge is -2.20. The van der Waals surface area contributed by atoms with Crippen molar-refractivity contribution >= 4 is 5.91 Å². The van der Waals surface area contributed by atoms with Crippen molar-refractivity contribution in [3.05, 3.63) is 35.6 Å². The Kier molecular flexibility index (Phi) is 4.31. The number of likely N-dealkylation sites (N-methyl/N-ethyl adjacent to an activating group) is 1. The Morgan fingerprint density at radius 2 is 1.89 bits per heavy atom. The van der Waals surface area contributed by atoms with Crippen LogP contribution in [0.4, 0.5) is 4.39 Å². The van der Waals surface area contributed by atoms with Crippen LogP contribution in [0, 0.1) is 5.82 Å². The average molecular weight is 250 g/mol. The third kappa shape index (κ3) is 3.53. The van der Waals surface area contributed by atoms with Crippen molar-refractivity contribution in [2.75, 3.05) is 33.2 Å². The topological polar surface area (TPSA) is 23.6 Å². The van der Waals surface area contributed by atoms with Crippen LogP contribution < -0.4 is 0 Å². The molecule has 3 nitrogen and oxygen atoms in total. The molecular weight excluding hydrogens is 231 g/mol. The molecule has 4 heteroatoms. The maximum atomic E-state index is 12.8. The fraction of sp³-hybridized carbons (Fsp3) is 0.500. The Bertz CT molecular complexity index is 405. The Balaban J connectivity index is 1.92. The van der Waals surface area contributed by atoms with E-state index in [2.05, 4.69) is 11.9 Å². The first-order valence-corrected chi connectivity index (χ1v) is 6.36. The molecule has 2 rings (SSSR count). The third-order valence-corrected chi connectivity index (χ3v) is 3.34. The van der Waals surface area contributed by atoms with Gasteiger partial charge in [-0.25, -0.2) is 4.39 Å². The molecule has 0 radical (unpaired) electrons. The second-order valence-corrected chi connectivity index (χ2v) is 4.84. The first kappa shape index (κ1) is 13.0. The number of rotatable bonds is 2. The highest BCUT2D eigenvalue weighted by molar-refractivity contribution is 5.78. The van der Waals surface area contributed by atoms with E-state index in [1.165, 1.54) is 12.1 Å². The molecule has 98 valence electrons. The molecule has 0 spiro atoms. The number of amides is 1. The Morgan fingerprint density at radius 1 is 1.17 bits per heavy atom. The van der Waals surface area contributed by atoms with Gasteiger partial charge in [0.25, 0.3) is 0 Å². The summed E-state index contributed by atoms with van der Waals surface area (Å²) in [7, 11) is 2.08. The number of nitrogens with zero attached hydrogens (tertiary/aromatic N) is 2. The summed E-state index contributed by atoms with van der Waals surface area (Å²) in [6.45, 7) is 3.58. The van der Waals surface area contributed by atoms with Gasteiger partial charge in [-0.15, -0.1) is 0 Å². The van der Waals surface area contributed by atoms with E-state index < -0.39 is 0 Å². The predicted octanol–water partition coefficient (Wildman–Crippen LogP) is 1.53. The molecule has 0 aliphatic carbocycles. The molecule has 1 aliphatic heterocycles. The molecule has 1 saturated heterocycles. The van der Waals surface area contributed by atoms with E-state index in [1.807, 2.05) is 4.90 Å². The standard InChI is InChI=1S/C14H19FN2O/c1-16-7-2-8-17(10-9-16)14(18)11-12-3-5-13(15)6-4-12/h3-6H,2,7-11H2,1H3. The van der Waals surface area contributed by atoms with Crippen LogP contribution in [0.1, 0.15) is 12.0 Å². The van der Waals surface area contributed by atoms with Gasteiger partial charge >= 0.3 is 0 Å². The minimum Gasteiger partial charge on any atom is -0.341 e. The summed E-state index contributed by atoms with van der Waals surface area (Å²) in [5.74, 6) is -0.125. The lowest BCUT2D eigenvalue weighted by molar-refractivity contribution is -0.130. The number of benzene rings is 1. The van der Waals surface area contributed by atoms with Crippen molar-refractivity contribution in [2.45, 2.75) is 12.8 Å². The first-order chi connectivity index (χ1) is 8.65. The quantitative estimate of drug-likeness (QED) is 0.795. The molecule has 0 bridgehead atoms. The van der Waals surface area contributed by atoms with Crippen LogP contribution in [0.2, 0.25) is 0 Å². The molecule has 0 N–H and O–H groups in total. The molecule has 18 heavy (non-hydrogen) atoms. The van der Waals surface area contributed by atoms with Crippen molar-refractivity contribution in [3.8, 4) is 0 Å². The summed E-state index contributed by atoms with van der Waals surface area (Å²) in [5.41, 5.74) is 0.874. The van der Waals surface area contributed by atoms with Gasteiger partial charge in [0.2, 0.25) is 5.91 Å². The molecular formula is C14H19FN2O. The molecule has 1 amide bonds. The van der Waals surface area contributed by atoms with Crippen LogP contribution in [-0.2, 0) is 11.2 Å². The molecule has 1 fully saturated rings. The van der Waals surface area contributed by atoms with E-state index in [4.69, 9.17) is 0 Å². The molecule has 0 atom stereocenters. The molecule has 0 saturated carbocycles. The first-order valence-electron chi connectivity index (χ1n) is 6.36. The number of carbonyl (C=O) groups is 1. The van der Waals surface area contributed by atoms with E-state index in [0.717, 1.165) is 38.2 Å². The van der Waals surface area contributed by atoms with E-state index >= 15 is 0 Å². The summed E-state index contributed by atoms with van der Waals surface area (Å²) >= 11 is 0. The fourth-order valence-corrected chi connectivity index (χ4v) is 2.18. The van der Waals surface area contributed by atoms with Crippen molar-refractivity contribution in [1.29, 1.82) is 0 Å². The van der Waals surface area contributed by atoms with E-state index in [0.29, 0.717) is 6.42 Å². The lowest BCUT2D eigenvalue weighted by atomic mass is 10.1. The molecule has 0 unspecified atom stereocenters. The summed E-state index contributed by atoms with van der Waals surface area (Å²) < 4.78 is 12.8. The highest BCUT2D eigenvalue weighted by Gasteiger charge is 2.17. The van der Waals surface area contributed by atoms with Crippen LogP contribution >= 0.6 is 0 Å². The molecule has 0 aromatic heterocycles. The zero-order valence-electron chi connectivity index (χ0n) is 10.7. The van der Waals surface area contributed by atoms with Crippen LogP contribution in [0.5, 0.6) is 0 Å². The van der Waals surface area contributed by atoms with E-state index in [9.17, 15) is 9.18 Å². The van der Waals surface area contributed by atoms with Crippen molar-refractivity contribution < 1.29 is 9.18 Å². The largest absolute Gasteiger partial charge is 0.341 e. The van der Waals surface area contributed by atoms with Gasteiger partial charge in [0, 0.05) is 19.6 Å². The number of hydrogen-bond acceptors (Lipinski definition) is 2. The predicted molar refractivity (Wildman–Crippen MR) is 68.8 cm³/mol. The fourth-order valence-electron chi connectivity index (χ4n) is 2.18. The van der Waals surface area contributed by atoms with Crippen molar-refractivity contribution in [3.63, 3.8) is 0 Å². The maximum absolute atomic E-state index is 12.8. The minimum atomic E-state index is -0.261. The average Bonchev–Trinajstić information content (AvgIpc) is 2.57. The molecule has 1 aliphatic rings. The Labute approximate surface area is 107 Å². The number of halogens is 1. The summed E-state index contributed by atoms with van der Waals surface area (Å²) in [6, 6.07) is 6.16. The van der Waals surface area contributed by atoms with Gasteiger partial charge in [-0.05, 0) is 37.7 Å². The van der Waals surface area contributed by atoms with Gasteiger partial charge in [-0.2, -0.15) is 0 Å². The molecule has 1 aromatic rings. The number of carbonyl (C=O) groups excluding carboxylic acids is 1. The monoisotopic (exact) mass is 250 g/mol. The van der Waals surface area contributed by atoms with Gasteiger partial charge in [0.15, 0.2) is 0 Å². The SMILES string of the molecule is CN1CCCN(C(=O)Cc2ccc(F)cc2)CC1. The van der Waals surface area contributed by atoms with Crippen LogP contribution in [0.25, 0.3) is 0 Å². The van der Waals surface area contributed by atoms with Gasteiger partial charge in [0.1, 0.15) is 5.82 Å². The summed E-state index contributed by atoms with van der Waals surface area (Å²) in [5, 5.41) is 0. The Morgan fingerprint density at radius 3 is 2.61 bits per heavy atom. The van der Waals surface area contributed by atoms with Gasteiger partial charge in [-0.1, -0.05) is 12.1 Å². The highest BCUT2D eigenvalue weighted by atomic mass is 19.1. The second kappa shape index (κ2) is 5.96. The van der Waals surface area contributed by atoms with E-state index in [1.54, 1.807) is 12.1 Å². The van der Waals surface area contributed by atoms with Crippen molar-refractivity contribution in [1.82, 2.24) is 9.80 Å². The van der Waals surface area contributed by atoms with Gasteiger partial charge < -0.3 is 9.80 Å². The van der Waals surface area contributed by atoms with E-state index in [-0.39, 0.29) is 11.7 Å². The lowest BCUT2D eigenvalue weighted by Crippen LogP contribution is -2.35. The zero-order chi connectivity index (χ0) is 13.0. The third-order valence-electron chi connectivity index (χ3n) is 3.34. The van der Waals surface area contributed by atoms with Gasteiger partial charge in [-0.3, -0.25) is 4.79 Å². The minimum absolute atomic E-state index is 0.136. The second-order valence-electron chi connectivity index (χ2n) is 4.84. The zero-order valence-corrected chi connectivity index (χ0v) is 10.7. The van der Waals surface area contributed by atoms with Crippen LogP contribution in [-0.4, -0.2) is 48.9 Å². The highest BCUT2D eigenvalue weighted by Crippen LogP contribution is 2.08. The van der Waals surface area contributed by atoms with Crippen molar-refractivity contribution in [2.24, 2.45) is 0 Å². The van der Waals surface area contributed by atoms with Gasteiger partial charge in [0.05, 0.1) is 6.42 Å². The molecule has 1 aromatic carbocycles. The molecule has 1 heterocycles. The maximum Gasteiger partial charge on any atom is 0.227 e. The van der Waals surface area contributed by atoms with Crippen LogP contribution in [0.15, 0.2) is 24.3 Å². The number of hydrogen-bond donors (Lipinski definition) is 0. The summed E-state index contributed by atoms with van der Waals surface area (Å²) in [4.78, 5) is 16.3. The Hall–Kier alpha value is -1.42. The normalized spacial score (nSPS) is 17.6.